The Kier molecular flexibility index (Phi) is 14.6. The number of hydrogen-bond acceptors (Lipinski definition) is 1. The van der Waals surface area contributed by atoms with Gasteiger partial charge in [-0.25, -0.2) is 0 Å². The second-order valence-electron chi connectivity index (χ2n) is 10.7. The monoisotopic (exact) mass is 403 g/mol. The zero-order valence-electron chi connectivity index (χ0n) is 21.6. The predicted molar refractivity (Wildman–Crippen MR) is 135 cm³/mol. The van der Waals surface area contributed by atoms with Crippen LogP contribution in [-0.4, -0.2) is 11.3 Å². The van der Waals surface area contributed by atoms with Crippen molar-refractivity contribution in [3.05, 3.63) is 23.3 Å². The minimum Gasteiger partial charge on any atom is -0.288 e. The van der Waals surface area contributed by atoms with E-state index in [2.05, 4.69) is 74.5 Å². The SMILES string of the molecule is CCCCCCCC(C)(C)/N=C(\C)CC/C(C)=C/CC/C(C)=C/CC(C)(C)CC. The molecule has 0 spiro atoms. The second-order valence-corrected chi connectivity index (χ2v) is 10.7. The van der Waals surface area contributed by atoms with Gasteiger partial charge >= 0.3 is 0 Å². The van der Waals surface area contributed by atoms with Gasteiger partial charge in [0.1, 0.15) is 0 Å². The number of hydrogen-bond donors (Lipinski definition) is 0. The van der Waals surface area contributed by atoms with Crippen LogP contribution >= 0.6 is 0 Å². The smallest absolute Gasteiger partial charge is 0.0551 e. The Balaban J connectivity index is 4.27. The molecule has 0 aliphatic heterocycles. The lowest BCUT2D eigenvalue weighted by Crippen LogP contribution is -2.18. The predicted octanol–water partition coefficient (Wildman–Crippen LogP) is 9.87. The van der Waals surface area contributed by atoms with Crippen LogP contribution in [0.15, 0.2) is 28.3 Å². The molecule has 0 heterocycles. The molecule has 170 valence electrons. The maximum absolute atomic E-state index is 5.04. The Bertz CT molecular complexity index is 516. The van der Waals surface area contributed by atoms with Crippen molar-refractivity contribution in [1.82, 2.24) is 0 Å². The average molecular weight is 404 g/mol. The van der Waals surface area contributed by atoms with E-state index in [9.17, 15) is 0 Å². The molecule has 0 amide bonds. The molecule has 0 aliphatic rings. The van der Waals surface area contributed by atoms with Gasteiger partial charge in [-0.2, -0.15) is 0 Å². The van der Waals surface area contributed by atoms with Crippen LogP contribution in [0.2, 0.25) is 0 Å². The van der Waals surface area contributed by atoms with Crippen molar-refractivity contribution in [1.29, 1.82) is 0 Å². The highest BCUT2D eigenvalue weighted by atomic mass is 14.8. The number of aliphatic imine (C=N–C) groups is 1. The van der Waals surface area contributed by atoms with E-state index in [0.717, 1.165) is 12.8 Å². The fraction of sp³-hybridized carbons (Fsp3) is 0.821. The molecule has 0 aromatic heterocycles. The molecule has 0 fully saturated rings. The first-order chi connectivity index (χ1) is 13.5. The van der Waals surface area contributed by atoms with Crippen molar-refractivity contribution in [2.24, 2.45) is 10.4 Å². The summed E-state index contributed by atoms with van der Waals surface area (Å²) in [5.74, 6) is 0. The molecule has 0 atom stereocenters. The molecule has 0 aromatic carbocycles. The molecule has 0 saturated heterocycles. The number of unbranched alkanes of at least 4 members (excludes halogenated alkanes) is 4. The maximum atomic E-state index is 5.04. The Hall–Kier alpha value is -0.850. The Morgan fingerprint density at radius 3 is 2.00 bits per heavy atom. The van der Waals surface area contributed by atoms with Crippen LogP contribution in [0.1, 0.15) is 139 Å². The van der Waals surface area contributed by atoms with Crippen molar-refractivity contribution >= 4 is 5.71 Å². The average Bonchev–Trinajstić information content (AvgIpc) is 2.64. The molecule has 29 heavy (non-hydrogen) atoms. The van der Waals surface area contributed by atoms with Gasteiger partial charge in [-0.15, -0.1) is 0 Å². The quantitative estimate of drug-likeness (QED) is 0.138. The molecule has 0 aromatic rings. The zero-order chi connectivity index (χ0) is 22.3. The van der Waals surface area contributed by atoms with Crippen molar-refractivity contribution in [2.45, 2.75) is 145 Å². The molecular formula is C28H53N. The van der Waals surface area contributed by atoms with Crippen molar-refractivity contribution in [3.63, 3.8) is 0 Å². The van der Waals surface area contributed by atoms with Gasteiger partial charge < -0.3 is 0 Å². The van der Waals surface area contributed by atoms with E-state index >= 15 is 0 Å². The first-order valence-corrected chi connectivity index (χ1v) is 12.4. The molecule has 0 N–H and O–H groups in total. The maximum Gasteiger partial charge on any atom is 0.0551 e. The van der Waals surface area contributed by atoms with E-state index in [1.807, 2.05) is 0 Å². The second kappa shape index (κ2) is 15.0. The normalized spacial score (nSPS) is 14.6. The van der Waals surface area contributed by atoms with Gasteiger partial charge in [0.15, 0.2) is 0 Å². The van der Waals surface area contributed by atoms with Crippen LogP contribution in [0.25, 0.3) is 0 Å². The summed E-state index contributed by atoms with van der Waals surface area (Å²) in [6.45, 7) is 20.7. The minimum absolute atomic E-state index is 0.0993. The van der Waals surface area contributed by atoms with Crippen LogP contribution in [-0.2, 0) is 0 Å². The molecule has 0 saturated carbocycles. The third kappa shape index (κ3) is 16.6. The first-order valence-electron chi connectivity index (χ1n) is 12.4. The third-order valence-electron chi connectivity index (χ3n) is 6.26. The van der Waals surface area contributed by atoms with Gasteiger partial charge in [0.25, 0.3) is 0 Å². The summed E-state index contributed by atoms with van der Waals surface area (Å²) in [6.07, 6.45) is 19.9. The zero-order valence-corrected chi connectivity index (χ0v) is 21.6. The summed E-state index contributed by atoms with van der Waals surface area (Å²) in [6, 6.07) is 0. The minimum atomic E-state index is 0.0993. The van der Waals surface area contributed by atoms with Crippen LogP contribution in [0.5, 0.6) is 0 Å². The first kappa shape index (κ1) is 28.1. The van der Waals surface area contributed by atoms with E-state index in [-0.39, 0.29) is 5.54 Å². The summed E-state index contributed by atoms with van der Waals surface area (Å²) in [5, 5.41) is 0. The number of rotatable bonds is 16. The summed E-state index contributed by atoms with van der Waals surface area (Å²) < 4.78 is 0. The molecular weight excluding hydrogens is 350 g/mol. The highest BCUT2D eigenvalue weighted by molar-refractivity contribution is 5.82. The van der Waals surface area contributed by atoms with Gasteiger partial charge in [-0.3, -0.25) is 4.99 Å². The topological polar surface area (TPSA) is 12.4 Å². The molecule has 0 bridgehead atoms. The lowest BCUT2D eigenvalue weighted by Gasteiger charge is -2.21. The molecule has 0 radical (unpaired) electrons. The molecule has 1 heteroatoms. The van der Waals surface area contributed by atoms with Crippen LogP contribution < -0.4 is 0 Å². The molecule has 0 rings (SSSR count). The lowest BCUT2D eigenvalue weighted by molar-refractivity contribution is 0.356. The van der Waals surface area contributed by atoms with Crippen molar-refractivity contribution in [2.75, 3.05) is 0 Å². The van der Waals surface area contributed by atoms with E-state index in [1.54, 1.807) is 0 Å². The summed E-state index contributed by atoms with van der Waals surface area (Å²) in [4.78, 5) is 5.04. The van der Waals surface area contributed by atoms with E-state index < -0.39 is 0 Å². The Morgan fingerprint density at radius 1 is 0.759 bits per heavy atom. The summed E-state index contributed by atoms with van der Waals surface area (Å²) >= 11 is 0. The fourth-order valence-electron chi connectivity index (χ4n) is 3.51. The molecule has 1 nitrogen and oxygen atoms in total. The van der Waals surface area contributed by atoms with Crippen LogP contribution in [0.4, 0.5) is 0 Å². The van der Waals surface area contributed by atoms with Gasteiger partial charge in [-0.05, 0) is 78.6 Å². The Labute approximate surface area is 184 Å². The van der Waals surface area contributed by atoms with Gasteiger partial charge in [0.2, 0.25) is 0 Å². The van der Waals surface area contributed by atoms with Crippen molar-refractivity contribution < 1.29 is 0 Å². The van der Waals surface area contributed by atoms with Crippen molar-refractivity contribution in [3.8, 4) is 0 Å². The van der Waals surface area contributed by atoms with E-state index in [4.69, 9.17) is 4.99 Å². The van der Waals surface area contributed by atoms with E-state index in [0.29, 0.717) is 5.41 Å². The van der Waals surface area contributed by atoms with Crippen LogP contribution in [0, 0.1) is 5.41 Å². The highest BCUT2D eigenvalue weighted by Gasteiger charge is 2.15. The molecule has 0 aliphatic carbocycles. The number of allylic oxidation sites excluding steroid dienone is 4. The highest BCUT2D eigenvalue weighted by Crippen LogP contribution is 2.26. The molecule has 0 unspecified atom stereocenters. The van der Waals surface area contributed by atoms with Gasteiger partial charge in [-0.1, -0.05) is 89.5 Å². The van der Waals surface area contributed by atoms with E-state index in [1.165, 1.54) is 81.1 Å². The van der Waals surface area contributed by atoms with Gasteiger partial charge in [0, 0.05) is 5.71 Å². The fourth-order valence-corrected chi connectivity index (χ4v) is 3.51. The number of nitrogens with zero attached hydrogens (tertiary/aromatic N) is 1. The largest absolute Gasteiger partial charge is 0.288 e. The van der Waals surface area contributed by atoms with Crippen LogP contribution in [0.3, 0.4) is 0 Å². The summed E-state index contributed by atoms with van der Waals surface area (Å²) in [5.41, 5.74) is 4.90. The van der Waals surface area contributed by atoms with Gasteiger partial charge in [0.05, 0.1) is 5.54 Å². The Morgan fingerprint density at radius 2 is 1.38 bits per heavy atom. The third-order valence-corrected chi connectivity index (χ3v) is 6.26. The summed E-state index contributed by atoms with van der Waals surface area (Å²) in [7, 11) is 0. The standard InChI is InChI=1S/C28H53N/c1-10-12-13-14-15-22-28(8,9)29-26(5)20-19-24(3)17-16-18-25(4)21-23-27(6,7)11-2/h17,21H,10-16,18-20,22-23H2,1-9H3/b24-17+,25-21+,29-26+. The lowest BCUT2D eigenvalue weighted by atomic mass is 9.85.